The molecule has 3 fully saturated rings. The fourth-order valence-corrected chi connectivity index (χ4v) is 4.94. The molecule has 0 unspecified atom stereocenters. The maximum Gasteiger partial charge on any atom is 0.0789 e. The first kappa shape index (κ1) is 22.3. The summed E-state index contributed by atoms with van der Waals surface area (Å²) in [6.07, 6.45) is 23.9. The molecule has 0 atom stereocenters. The van der Waals surface area contributed by atoms with E-state index >= 15 is 0 Å². The van der Waals surface area contributed by atoms with Gasteiger partial charge in [0.1, 0.15) is 0 Å². The van der Waals surface area contributed by atoms with Gasteiger partial charge in [0, 0.05) is 0 Å². The lowest BCUT2D eigenvalue weighted by Gasteiger charge is -2.49. The molecule has 0 amide bonds. The second kappa shape index (κ2) is 13.5. The molecule has 2 bridgehead atoms. The van der Waals surface area contributed by atoms with Crippen LogP contribution in [0.1, 0.15) is 110 Å². The van der Waals surface area contributed by atoms with Gasteiger partial charge in [-0.25, -0.2) is 0 Å². The number of quaternary nitrogens is 1. The van der Waals surface area contributed by atoms with Gasteiger partial charge in [0.25, 0.3) is 0 Å². The van der Waals surface area contributed by atoms with Crippen LogP contribution in [0.5, 0.6) is 0 Å². The first-order chi connectivity index (χ1) is 11.3. The topological polar surface area (TPSA) is 0 Å². The van der Waals surface area contributed by atoms with Crippen molar-refractivity contribution in [2.45, 2.75) is 110 Å². The zero-order valence-electron chi connectivity index (χ0n) is 16.5. The van der Waals surface area contributed by atoms with Crippen LogP contribution in [0.15, 0.2) is 0 Å². The number of hydrogen-bond acceptors (Lipinski definition) is 0. The summed E-state index contributed by atoms with van der Waals surface area (Å²) in [4.78, 5) is 0. The SMILES string of the molecule is CCCCCCCCCCCCCCC[N+]12CCC(CC1)CC2.[Cl-]. The van der Waals surface area contributed by atoms with Gasteiger partial charge < -0.3 is 16.9 Å². The van der Waals surface area contributed by atoms with Crippen molar-refractivity contribution in [2.75, 3.05) is 26.2 Å². The van der Waals surface area contributed by atoms with Crippen molar-refractivity contribution in [3.05, 3.63) is 0 Å². The molecule has 0 aromatic carbocycles. The third-order valence-electron chi connectivity index (χ3n) is 6.77. The first-order valence-electron chi connectivity index (χ1n) is 11.2. The Balaban J connectivity index is 0.00000288. The van der Waals surface area contributed by atoms with E-state index in [2.05, 4.69) is 6.92 Å². The van der Waals surface area contributed by atoms with Gasteiger partial charge >= 0.3 is 0 Å². The number of fused-ring (bicyclic) bond motifs is 3. The summed E-state index contributed by atoms with van der Waals surface area (Å²) >= 11 is 0. The monoisotopic (exact) mass is 357 g/mol. The maximum absolute atomic E-state index is 2.30. The molecule has 0 aromatic heterocycles. The lowest BCUT2D eigenvalue weighted by molar-refractivity contribution is -0.942. The van der Waals surface area contributed by atoms with Crippen LogP contribution < -0.4 is 12.4 Å². The highest BCUT2D eigenvalue weighted by Gasteiger charge is 2.38. The molecule has 1 nitrogen and oxygen atoms in total. The van der Waals surface area contributed by atoms with E-state index in [9.17, 15) is 0 Å². The number of piperidine rings is 3. The molecule has 3 saturated heterocycles. The molecule has 0 radical (unpaired) electrons. The van der Waals surface area contributed by atoms with Crippen molar-refractivity contribution in [3.63, 3.8) is 0 Å². The van der Waals surface area contributed by atoms with Gasteiger partial charge in [-0.1, -0.05) is 77.6 Å². The fourth-order valence-electron chi connectivity index (χ4n) is 4.94. The molecule has 24 heavy (non-hydrogen) atoms. The fraction of sp³-hybridized carbons (Fsp3) is 1.00. The molecule has 0 spiro atoms. The summed E-state index contributed by atoms with van der Waals surface area (Å²) in [5, 5.41) is 0. The highest BCUT2D eigenvalue weighted by molar-refractivity contribution is 4.71. The van der Waals surface area contributed by atoms with Crippen molar-refractivity contribution in [2.24, 2.45) is 5.92 Å². The van der Waals surface area contributed by atoms with Crippen LogP contribution >= 0.6 is 0 Å². The van der Waals surface area contributed by atoms with Crippen molar-refractivity contribution in [1.29, 1.82) is 0 Å². The Morgan fingerprint density at radius 2 is 0.958 bits per heavy atom. The highest BCUT2D eigenvalue weighted by atomic mass is 35.5. The van der Waals surface area contributed by atoms with E-state index in [1.54, 1.807) is 19.3 Å². The predicted octanol–water partition coefficient (Wildman–Crippen LogP) is 3.71. The van der Waals surface area contributed by atoms with Crippen molar-refractivity contribution in [3.8, 4) is 0 Å². The third kappa shape index (κ3) is 8.56. The van der Waals surface area contributed by atoms with Gasteiger partial charge in [-0.15, -0.1) is 0 Å². The molecule has 0 aromatic rings. The molecule has 0 saturated carbocycles. The van der Waals surface area contributed by atoms with E-state index in [1.807, 2.05) is 0 Å². The van der Waals surface area contributed by atoms with Gasteiger partial charge in [-0.2, -0.15) is 0 Å². The van der Waals surface area contributed by atoms with Gasteiger partial charge in [0.2, 0.25) is 0 Å². The Kier molecular flexibility index (Phi) is 12.5. The second-order valence-electron chi connectivity index (χ2n) is 8.71. The number of nitrogens with zero attached hydrogens (tertiary/aromatic N) is 1. The van der Waals surface area contributed by atoms with Crippen LogP contribution in [0.2, 0.25) is 0 Å². The molecule has 3 aliphatic rings. The minimum absolute atomic E-state index is 0. The minimum atomic E-state index is 0. The lowest BCUT2D eigenvalue weighted by atomic mass is 9.85. The summed E-state index contributed by atoms with van der Waals surface area (Å²) < 4.78 is 1.51. The van der Waals surface area contributed by atoms with Crippen LogP contribution in [0, 0.1) is 5.92 Å². The Morgan fingerprint density at radius 3 is 1.38 bits per heavy atom. The Hall–Kier alpha value is 0.250. The van der Waals surface area contributed by atoms with Gasteiger partial charge in [-0.3, -0.25) is 0 Å². The Labute approximate surface area is 159 Å². The molecule has 2 heteroatoms. The quantitative estimate of drug-likeness (QED) is 0.328. The van der Waals surface area contributed by atoms with Gasteiger partial charge in [-0.05, 0) is 38.0 Å². The normalized spacial score (nSPS) is 25.6. The zero-order chi connectivity index (χ0) is 16.2. The average molecular weight is 358 g/mol. The van der Waals surface area contributed by atoms with Crippen molar-refractivity contribution < 1.29 is 16.9 Å². The summed E-state index contributed by atoms with van der Waals surface area (Å²) in [5.74, 6) is 1.11. The summed E-state index contributed by atoms with van der Waals surface area (Å²) in [7, 11) is 0. The van der Waals surface area contributed by atoms with E-state index in [4.69, 9.17) is 0 Å². The molecule has 0 aliphatic carbocycles. The van der Waals surface area contributed by atoms with Crippen LogP contribution in [0.3, 0.4) is 0 Å². The van der Waals surface area contributed by atoms with Crippen LogP contribution in [-0.4, -0.2) is 30.7 Å². The molecule has 3 rings (SSSR count). The first-order valence-corrected chi connectivity index (χ1v) is 11.2. The number of hydrogen-bond donors (Lipinski definition) is 0. The molecule has 3 aliphatic heterocycles. The standard InChI is InChI=1S/C22H44N.ClH/c1-2-3-4-5-6-7-8-9-10-11-12-13-14-18-23-19-15-22(16-20-23)17-21-23;/h22H,2-21H2,1H3;1H/q+1;/p-1. The maximum atomic E-state index is 2.30. The number of rotatable bonds is 14. The zero-order valence-corrected chi connectivity index (χ0v) is 17.3. The minimum Gasteiger partial charge on any atom is -1.00 e. The summed E-state index contributed by atoms with van der Waals surface area (Å²) in [5.41, 5.74) is 0. The second-order valence-corrected chi connectivity index (χ2v) is 8.71. The summed E-state index contributed by atoms with van der Waals surface area (Å²) in [6, 6.07) is 0. The number of unbranched alkanes of at least 4 members (excludes halogenated alkanes) is 12. The van der Waals surface area contributed by atoms with Crippen LogP contribution in [0.4, 0.5) is 0 Å². The molecular weight excluding hydrogens is 314 g/mol. The largest absolute Gasteiger partial charge is 1.00 e. The summed E-state index contributed by atoms with van der Waals surface area (Å²) in [6.45, 7) is 8.36. The van der Waals surface area contributed by atoms with E-state index in [0.717, 1.165) is 5.92 Å². The van der Waals surface area contributed by atoms with Crippen molar-refractivity contribution in [1.82, 2.24) is 0 Å². The lowest BCUT2D eigenvalue weighted by Crippen LogP contribution is -3.00. The smallest absolute Gasteiger partial charge is 0.0789 e. The van der Waals surface area contributed by atoms with E-state index < -0.39 is 0 Å². The molecule has 0 N–H and O–H groups in total. The third-order valence-corrected chi connectivity index (χ3v) is 6.77. The predicted molar refractivity (Wildman–Crippen MR) is 103 cm³/mol. The van der Waals surface area contributed by atoms with Gasteiger partial charge in [0.05, 0.1) is 26.2 Å². The van der Waals surface area contributed by atoms with E-state index in [-0.39, 0.29) is 12.4 Å². The van der Waals surface area contributed by atoms with Gasteiger partial charge in [0.15, 0.2) is 0 Å². The van der Waals surface area contributed by atoms with Crippen molar-refractivity contribution >= 4 is 0 Å². The van der Waals surface area contributed by atoms with Crippen LogP contribution in [0.25, 0.3) is 0 Å². The Morgan fingerprint density at radius 1 is 0.583 bits per heavy atom. The number of halogens is 1. The van der Waals surface area contributed by atoms with E-state index in [1.165, 1.54) is 114 Å². The molecule has 144 valence electrons. The Bertz CT molecular complexity index is 270. The molecular formula is C22H44ClN. The van der Waals surface area contributed by atoms with E-state index in [0.29, 0.717) is 0 Å². The molecule has 3 heterocycles. The van der Waals surface area contributed by atoms with Crippen LogP contribution in [-0.2, 0) is 0 Å². The average Bonchev–Trinajstić information content (AvgIpc) is 2.60. The highest BCUT2D eigenvalue weighted by Crippen LogP contribution is 2.33.